The molecule has 1 aliphatic heterocycles. The third kappa shape index (κ3) is 3.20. The highest BCUT2D eigenvalue weighted by molar-refractivity contribution is 5.15. The molecular formula is C15H20N4. The Kier molecular flexibility index (Phi) is 3.89. The Morgan fingerprint density at radius 2 is 2.16 bits per heavy atom. The van der Waals surface area contributed by atoms with E-state index in [1.165, 1.54) is 24.1 Å². The van der Waals surface area contributed by atoms with Crippen molar-refractivity contribution in [3.63, 3.8) is 0 Å². The maximum atomic E-state index is 4.22. The smallest absolute Gasteiger partial charge is 0.0725 e. The number of hydrogen-bond donors (Lipinski definition) is 1. The fourth-order valence-electron chi connectivity index (χ4n) is 2.72. The second kappa shape index (κ2) is 5.97. The van der Waals surface area contributed by atoms with Crippen molar-refractivity contribution in [2.75, 3.05) is 13.1 Å². The topological polar surface area (TPSA) is 42.7 Å². The average molecular weight is 256 g/mol. The van der Waals surface area contributed by atoms with Crippen LogP contribution in [-0.2, 0) is 13.0 Å². The van der Waals surface area contributed by atoms with Gasteiger partial charge in [-0.05, 0) is 43.8 Å². The van der Waals surface area contributed by atoms with Gasteiger partial charge in [0, 0.05) is 0 Å². The molecule has 1 unspecified atom stereocenters. The molecule has 1 atom stereocenters. The number of nitrogens with one attached hydrogen (secondary N) is 1. The lowest BCUT2D eigenvalue weighted by Crippen LogP contribution is -2.31. The Bertz CT molecular complexity index is 500. The highest BCUT2D eigenvalue weighted by Crippen LogP contribution is 2.16. The highest BCUT2D eigenvalue weighted by atomic mass is 15.4. The van der Waals surface area contributed by atoms with Crippen molar-refractivity contribution in [3.8, 4) is 0 Å². The summed E-state index contributed by atoms with van der Waals surface area (Å²) >= 11 is 0. The van der Waals surface area contributed by atoms with E-state index in [0.717, 1.165) is 32.0 Å². The molecule has 0 aliphatic carbocycles. The van der Waals surface area contributed by atoms with Crippen LogP contribution in [0.3, 0.4) is 0 Å². The molecule has 1 aliphatic rings. The summed E-state index contributed by atoms with van der Waals surface area (Å²) in [6, 6.07) is 10.4. The first-order valence-corrected chi connectivity index (χ1v) is 7.04. The van der Waals surface area contributed by atoms with E-state index in [-0.39, 0.29) is 0 Å². The van der Waals surface area contributed by atoms with E-state index in [0.29, 0.717) is 0 Å². The summed E-state index contributed by atoms with van der Waals surface area (Å²) in [7, 11) is 0. The normalized spacial score (nSPS) is 19.5. The van der Waals surface area contributed by atoms with Crippen LogP contribution in [0.4, 0.5) is 0 Å². The molecule has 1 N–H and O–H groups in total. The quantitative estimate of drug-likeness (QED) is 0.908. The number of rotatable bonds is 4. The van der Waals surface area contributed by atoms with Crippen molar-refractivity contribution >= 4 is 0 Å². The van der Waals surface area contributed by atoms with Gasteiger partial charge in [-0.15, -0.1) is 5.10 Å². The van der Waals surface area contributed by atoms with Gasteiger partial charge in [0.05, 0.1) is 18.4 Å². The van der Waals surface area contributed by atoms with Crippen LogP contribution in [0.25, 0.3) is 0 Å². The summed E-state index contributed by atoms with van der Waals surface area (Å²) in [5, 5.41) is 11.8. The summed E-state index contributed by atoms with van der Waals surface area (Å²) in [6.45, 7) is 3.10. The van der Waals surface area contributed by atoms with E-state index < -0.39 is 0 Å². The Morgan fingerprint density at radius 1 is 1.26 bits per heavy atom. The van der Waals surface area contributed by atoms with Gasteiger partial charge in [-0.2, -0.15) is 0 Å². The van der Waals surface area contributed by atoms with Gasteiger partial charge in [-0.3, -0.25) is 0 Å². The molecule has 3 rings (SSSR count). The van der Waals surface area contributed by atoms with Gasteiger partial charge in [-0.1, -0.05) is 35.5 Å². The molecule has 4 heteroatoms. The SMILES string of the molecule is c1ccc(Cn2nncc2CC2CCCNC2)cc1. The maximum Gasteiger partial charge on any atom is 0.0725 e. The molecule has 1 saturated heterocycles. The molecule has 1 aromatic carbocycles. The van der Waals surface area contributed by atoms with E-state index in [1.54, 1.807) is 0 Å². The van der Waals surface area contributed by atoms with E-state index in [2.05, 4.69) is 39.9 Å². The molecule has 0 amide bonds. The van der Waals surface area contributed by atoms with Crippen molar-refractivity contribution in [1.29, 1.82) is 0 Å². The summed E-state index contributed by atoms with van der Waals surface area (Å²) in [4.78, 5) is 0. The Morgan fingerprint density at radius 3 is 2.95 bits per heavy atom. The molecule has 4 nitrogen and oxygen atoms in total. The van der Waals surface area contributed by atoms with E-state index in [9.17, 15) is 0 Å². The van der Waals surface area contributed by atoms with Crippen molar-refractivity contribution in [2.24, 2.45) is 5.92 Å². The molecule has 1 fully saturated rings. The molecule has 2 aromatic rings. The van der Waals surface area contributed by atoms with Gasteiger partial charge < -0.3 is 5.32 Å². The lowest BCUT2D eigenvalue weighted by molar-refractivity contribution is 0.368. The van der Waals surface area contributed by atoms with Gasteiger partial charge in [-0.25, -0.2) is 4.68 Å². The third-order valence-electron chi connectivity index (χ3n) is 3.77. The zero-order valence-corrected chi connectivity index (χ0v) is 11.1. The van der Waals surface area contributed by atoms with E-state index in [4.69, 9.17) is 0 Å². The molecule has 0 spiro atoms. The fraction of sp³-hybridized carbons (Fsp3) is 0.467. The lowest BCUT2D eigenvalue weighted by atomic mass is 9.95. The first-order chi connectivity index (χ1) is 9.42. The Balaban J connectivity index is 1.68. The Hall–Kier alpha value is -1.68. The van der Waals surface area contributed by atoms with Gasteiger partial charge in [0.1, 0.15) is 0 Å². The predicted molar refractivity (Wildman–Crippen MR) is 74.9 cm³/mol. The first kappa shape index (κ1) is 12.4. The average Bonchev–Trinajstić information content (AvgIpc) is 2.88. The van der Waals surface area contributed by atoms with Crippen LogP contribution in [0.15, 0.2) is 36.5 Å². The van der Waals surface area contributed by atoms with Crippen LogP contribution < -0.4 is 5.32 Å². The van der Waals surface area contributed by atoms with Gasteiger partial charge in [0.15, 0.2) is 0 Å². The maximum absolute atomic E-state index is 4.22. The summed E-state index contributed by atoms with van der Waals surface area (Å²) in [6.07, 6.45) is 5.58. The highest BCUT2D eigenvalue weighted by Gasteiger charge is 2.16. The molecule has 0 saturated carbocycles. The molecule has 0 radical (unpaired) electrons. The van der Waals surface area contributed by atoms with Gasteiger partial charge in [0.25, 0.3) is 0 Å². The molecule has 100 valence electrons. The minimum atomic E-state index is 0.724. The predicted octanol–water partition coefficient (Wildman–Crippen LogP) is 1.87. The number of benzene rings is 1. The van der Waals surface area contributed by atoms with E-state index >= 15 is 0 Å². The minimum absolute atomic E-state index is 0.724. The molecule has 1 aromatic heterocycles. The van der Waals surface area contributed by atoms with Crippen molar-refractivity contribution in [2.45, 2.75) is 25.8 Å². The summed E-state index contributed by atoms with van der Waals surface area (Å²) < 4.78 is 2.03. The number of nitrogens with zero attached hydrogens (tertiary/aromatic N) is 3. The largest absolute Gasteiger partial charge is 0.316 e. The zero-order chi connectivity index (χ0) is 12.9. The fourth-order valence-corrected chi connectivity index (χ4v) is 2.72. The van der Waals surface area contributed by atoms with Gasteiger partial charge >= 0.3 is 0 Å². The second-order valence-corrected chi connectivity index (χ2v) is 5.29. The summed E-state index contributed by atoms with van der Waals surface area (Å²) in [5.41, 5.74) is 2.52. The van der Waals surface area contributed by atoms with Crippen LogP contribution in [0.5, 0.6) is 0 Å². The van der Waals surface area contributed by atoms with Crippen molar-refractivity contribution in [3.05, 3.63) is 47.8 Å². The van der Waals surface area contributed by atoms with Crippen molar-refractivity contribution in [1.82, 2.24) is 20.3 Å². The lowest BCUT2D eigenvalue weighted by Gasteiger charge is -2.22. The second-order valence-electron chi connectivity index (χ2n) is 5.29. The number of piperidine rings is 1. The van der Waals surface area contributed by atoms with Crippen LogP contribution in [-0.4, -0.2) is 28.1 Å². The molecule has 2 heterocycles. The summed E-state index contributed by atoms with van der Waals surface area (Å²) in [5.74, 6) is 0.724. The number of aromatic nitrogens is 3. The van der Waals surface area contributed by atoms with Crippen molar-refractivity contribution < 1.29 is 0 Å². The van der Waals surface area contributed by atoms with Crippen LogP contribution in [0, 0.1) is 5.92 Å². The Labute approximate surface area is 113 Å². The molecule has 19 heavy (non-hydrogen) atoms. The van der Waals surface area contributed by atoms with Crippen LogP contribution in [0.2, 0.25) is 0 Å². The number of hydrogen-bond acceptors (Lipinski definition) is 3. The molecule has 0 bridgehead atoms. The standard InChI is InChI=1S/C15H20N4/c1-2-5-13(6-3-1)12-19-15(11-17-18-19)9-14-7-4-8-16-10-14/h1-3,5-6,11,14,16H,4,7-10,12H2. The third-order valence-corrected chi connectivity index (χ3v) is 3.77. The minimum Gasteiger partial charge on any atom is -0.316 e. The zero-order valence-electron chi connectivity index (χ0n) is 11.1. The monoisotopic (exact) mass is 256 g/mol. The van der Waals surface area contributed by atoms with Crippen LogP contribution >= 0.6 is 0 Å². The molecular weight excluding hydrogens is 236 g/mol. The first-order valence-electron chi connectivity index (χ1n) is 7.04. The van der Waals surface area contributed by atoms with Crippen LogP contribution in [0.1, 0.15) is 24.1 Å². The van der Waals surface area contributed by atoms with Gasteiger partial charge in [0.2, 0.25) is 0 Å². The van der Waals surface area contributed by atoms with E-state index in [1.807, 2.05) is 16.9 Å².